The van der Waals surface area contributed by atoms with Crippen LogP contribution in [0.25, 0.3) is 16.6 Å². The number of benzene rings is 1. The average Bonchev–Trinajstić information content (AvgIpc) is 3.59. The predicted molar refractivity (Wildman–Crippen MR) is 127 cm³/mol. The third-order valence-electron chi connectivity index (χ3n) is 6.24. The number of hydrogen-bond donors (Lipinski definition) is 2. The maximum Gasteiger partial charge on any atom is 0.225 e. The van der Waals surface area contributed by atoms with E-state index in [1.807, 2.05) is 16.9 Å². The number of nitrogens with one attached hydrogen (secondary N) is 1. The molecule has 5 heterocycles. The van der Waals surface area contributed by atoms with Gasteiger partial charge in [-0.25, -0.2) is 23.9 Å². The van der Waals surface area contributed by atoms with Gasteiger partial charge in [0.05, 0.1) is 6.20 Å². The summed E-state index contributed by atoms with van der Waals surface area (Å²) in [7, 11) is 0. The summed E-state index contributed by atoms with van der Waals surface area (Å²) in [6.45, 7) is 2.96. The molecule has 1 atom stereocenters. The van der Waals surface area contributed by atoms with Crippen molar-refractivity contribution in [1.29, 1.82) is 0 Å². The summed E-state index contributed by atoms with van der Waals surface area (Å²) in [5.41, 5.74) is 4.11. The molecule has 0 bridgehead atoms. The van der Waals surface area contributed by atoms with Crippen LogP contribution in [-0.2, 0) is 0 Å². The number of piperazine rings is 1. The van der Waals surface area contributed by atoms with Gasteiger partial charge in [0.25, 0.3) is 0 Å². The molecule has 1 aromatic carbocycles. The Morgan fingerprint density at radius 3 is 2.34 bits per heavy atom. The number of aliphatic hydroxyl groups is 1. The molecule has 11 heteroatoms. The number of fused-ring (bicyclic) bond motifs is 1. The van der Waals surface area contributed by atoms with Crippen molar-refractivity contribution in [2.45, 2.75) is 6.10 Å². The van der Waals surface area contributed by atoms with E-state index in [1.165, 1.54) is 12.1 Å². The van der Waals surface area contributed by atoms with Gasteiger partial charge in [-0.3, -0.25) is 5.10 Å². The highest BCUT2D eigenvalue weighted by molar-refractivity contribution is 5.77. The van der Waals surface area contributed by atoms with E-state index >= 15 is 0 Å². The summed E-state index contributed by atoms with van der Waals surface area (Å²) in [5.74, 6) is 1.15. The van der Waals surface area contributed by atoms with Crippen LogP contribution in [0.4, 0.5) is 16.2 Å². The second-order valence-corrected chi connectivity index (χ2v) is 8.37. The van der Waals surface area contributed by atoms with E-state index < -0.39 is 6.10 Å². The fourth-order valence-electron chi connectivity index (χ4n) is 4.32. The van der Waals surface area contributed by atoms with Crippen molar-refractivity contribution in [3.8, 4) is 11.1 Å². The minimum atomic E-state index is -0.907. The molecule has 176 valence electrons. The highest BCUT2D eigenvalue weighted by Gasteiger charge is 2.23. The van der Waals surface area contributed by atoms with Crippen LogP contribution in [0.3, 0.4) is 0 Å². The topological polar surface area (TPSA) is 111 Å². The van der Waals surface area contributed by atoms with Crippen molar-refractivity contribution in [3.63, 3.8) is 0 Å². The van der Waals surface area contributed by atoms with Gasteiger partial charge in [0.2, 0.25) is 5.95 Å². The maximum atomic E-state index is 13.2. The SMILES string of the molecule is OC(c1ccc(F)cc1)c1cnc(N2CCN(c3ncnn4cc(-c5cn[nH]c5)cc34)CC2)nc1. The number of hydrogen-bond acceptors (Lipinski definition) is 8. The zero-order chi connectivity index (χ0) is 23.8. The lowest BCUT2D eigenvalue weighted by atomic mass is 10.0. The second kappa shape index (κ2) is 8.76. The summed E-state index contributed by atoms with van der Waals surface area (Å²) in [4.78, 5) is 17.8. The van der Waals surface area contributed by atoms with E-state index in [-0.39, 0.29) is 5.82 Å². The van der Waals surface area contributed by atoms with Gasteiger partial charge in [-0.05, 0) is 23.8 Å². The molecule has 4 aromatic heterocycles. The lowest BCUT2D eigenvalue weighted by Gasteiger charge is -2.35. The maximum absolute atomic E-state index is 13.2. The smallest absolute Gasteiger partial charge is 0.225 e. The highest BCUT2D eigenvalue weighted by Crippen LogP contribution is 2.27. The quantitative estimate of drug-likeness (QED) is 0.402. The molecule has 1 fully saturated rings. The number of aromatic amines is 1. The summed E-state index contributed by atoms with van der Waals surface area (Å²) in [5, 5.41) is 21.8. The lowest BCUT2D eigenvalue weighted by molar-refractivity contribution is 0.219. The van der Waals surface area contributed by atoms with Gasteiger partial charge in [-0.2, -0.15) is 10.2 Å². The number of anilines is 2. The Hall–Kier alpha value is -4.38. The number of aromatic nitrogens is 7. The van der Waals surface area contributed by atoms with E-state index in [0.29, 0.717) is 17.1 Å². The molecule has 1 saturated heterocycles. The summed E-state index contributed by atoms with van der Waals surface area (Å²) < 4.78 is 15.0. The zero-order valence-corrected chi connectivity index (χ0v) is 18.7. The third-order valence-corrected chi connectivity index (χ3v) is 6.24. The van der Waals surface area contributed by atoms with Crippen molar-refractivity contribution in [3.05, 3.63) is 84.6 Å². The van der Waals surface area contributed by atoms with Crippen LogP contribution < -0.4 is 9.80 Å². The number of nitrogens with zero attached hydrogens (tertiary/aromatic N) is 8. The standard InChI is InChI=1S/C24H22FN9O/c25-20-3-1-16(2-4-20)22(35)19-10-26-24(27-11-19)33-7-5-32(6-8-33)23-21-9-17(18-12-29-30-13-18)14-34(21)31-15-28-23/h1-4,9-15,22,35H,5-8H2,(H,29,30). The Kier molecular flexibility index (Phi) is 5.30. The fraction of sp³-hybridized carbons (Fsp3) is 0.208. The summed E-state index contributed by atoms with van der Waals surface area (Å²) in [6.07, 6.45) is 9.51. The number of halogens is 1. The van der Waals surface area contributed by atoms with E-state index in [9.17, 15) is 9.50 Å². The van der Waals surface area contributed by atoms with Gasteiger partial charge >= 0.3 is 0 Å². The first-order valence-electron chi connectivity index (χ1n) is 11.2. The van der Waals surface area contributed by atoms with Crippen molar-refractivity contribution in [2.75, 3.05) is 36.0 Å². The Morgan fingerprint density at radius 1 is 0.886 bits per heavy atom. The number of aliphatic hydroxyl groups excluding tert-OH is 1. The molecular weight excluding hydrogens is 449 g/mol. The van der Waals surface area contributed by atoms with Crippen molar-refractivity contribution >= 4 is 17.3 Å². The third kappa shape index (κ3) is 4.06. The van der Waals surface area contributed by atoms with Crippen LogP contribution in [0.5, 0.6) is 0 Å². The molecule has 35 heavy (non-hydrogen) atoms. The second-order valence-electron chi connectivity index (χ2n) is 8.37. The first-order valence-corrected chi connectivity index (χ1v) is 11.2. The Balaban J connectivity index is 1.15. The molecule has 0 radical (unpaired) electrons. The summed E-state index contributed by atoms with van der Waals surface area (Å²) in [6, 6.07) is 7.83. The highest BCUT2D eigenvalue weighted by atomic mass is 19.1. The minimum absolute atomic E-state index is 0.343. The van der Waals surface area contributed by atoms with Crippen LogP contribution in [0.2, 0.25) is 0 Å². The Labute approximate surface area is 199 Å². The van der Waals surface area contributed by atoms with Crippen molar-refractivity contribution in [1.82, 2.24) is 34.8 Å². The van der Waals surface area contributed by atoms with Crippen LogP contribution in [0.15, 0.2) is 67.6 Å². The van der Waals surface area contributed by atoms with Crippen molar-refractivity contribution < 1.29 is 9.50 Å². The number of H-pyrrole nitrogens is 1. The Bertz CT molecular complexity index is 1430. The van der Waals surface area contributed by atoms with E-state index in [1.54, 1.807) is 37.1 Å². The van der Waals surface area contributed by atoms with E-state index in [0.717, 1.165) is 48.6 Å². The molecule has 5 aromatic rings. The normalized spacial score (nSPS) is 15.0. The first kappa shape index (κ1) is 21.2. The van der Waals surface area contributed by atoms with E-state index in [4.69, 9.17) is 0 Å². The monoisotopic (exact) mass is 471 g/mol. The molecule has 1 aliphatic rings. The van der Waals surface area contributed by atoms with Gasteiger partial charge in [0.15, 0.2) is 5.82 Å². The largest absolute Gasteiger partial charge is 0.384 e. The van der Waals surface area contributed by atoms with Crippen LogP contribution in [0.1, 0.15) is 17.2 Å². The fourth-order valence-corrected chi connectivity index (χ4v) is 4.32. The molecule has 1 aliphatic heterocycles. The van der Waals surface area contributed by atoms with E-state index in [2.05, 4.69) is 46.1 Å². The van der Waals surface area contributed by atoms with Crippen LogP contribution in [-0.4, -0.2) is 66.0 Å². The molecule has 10 nitrogen and oxygen atoms in total. The molecular formula is C24H22FN9O. The Morgan fingerprint density at radius 2 is 1.63 bits per heavy atom. The van der Waals surface area contributed by atoms with Crippen LogP contribution in [0, 0.1) is 5.82 Å². The molecule has 0 saturated carbocycles. The molecule has 0 spiro atoms. The summed E-state index contributed by atoms with van der Waals surface area (Å²) >= 11 is 0. The molecule has 0 amide bonds. The van der Waals surface area contributed by atoms with Gasteiger partial charge in [-0.15, -0.1) is 0 Å². The molecule has 2 N–H and O–H groups in total. The molecule has 6 rings (SSSR count). The molecule has 1 unspecified atom stereocenters. The van der Waals surface area contributed by atoms with Crippen LogP contribution >= 0.6 is 0 Å². The zero-order valence-electron chi connectivity index (χ0n) is 18.7. The minimum Gasteiger partial charge on any atom is -0.384 e. The van der Waals surface area contributed by atoms with Gasteiger partial charge in [0, 0.05) is 67.7 Å². The average molecular weight is 472 g/mol. The van der Waals surface area contributed by atoms with Gasteiger partial charge in [0.1, 0.15) is 23.8 Å². The van der Waals surface area contributed by atoms with Gasteiger partial charge < -0.3 is 14.9 Å². The molecule has 0 aliphatic carbocycles. The predicted octanol–water partition coefficient (Wildman–Crippen LogP) is 2.46. The first-order chi connectivity index (χ1) is 17.2. The van der Waals surface area contributed by atoms with Crippen molar-refractivity contribution in [2.24, 2.45) is 0 Å². The lowest BCUT2D eigenvalue weighted by Crippen LogP contribution is -2.47. The van der Waals surface area contributed by atoms with Gasteiger partial charge in [-0.1, -0.05) is 12.1 Å². The number of rotatable bonds is 5.